The number of unbranched alkanes of at least 4 members (excludes halogenated alkanes) is 13. The van der Waals surface area contributed by atoms with Crippen molar-refractivity contribution >= 4 is 0 Å². The summed E-state index contributed by atoms with van der Waals surface area (Å²) in [5, 5.41) is 8.86. The van der Waals surface area contributed by atoms with Crippen molar-refractivity contribution in [1.29, 1.82) is 0 Å². The number of nitrogens with zero attached hydrogens (tertiary/aromatic N) is 1. The van der Waals surface area contributed by atoms with E-state index < -0.39 is 0 Å². The third-order valence-corrected chi connectivity index (χ3v) is 5.04. The van der Waals surface area contributed by atoms with Crippen LogP contribution in [0.25, 0.3) is 0 Å². The Hall–Kier alpha value is 0.400. The zero-order chi connectivity index (χ0) is 17.2. The molecule has 0 radical (unpaired) electrons. The lowest BCUT2D eigenvalue weighted by Gasteiger charge is -2.29. The van der Waals surface area contributed by atoms with Crippen molar-refractivity contribution in [2.24, 2.45) is 0 Å². The van der Waals surface area contributed by atoms with Crippen LogP contribution in [0.15, 0.2) is 0 Å². The first-order valence-corrected chi connectivity index (χ1v) is 10.6. The highest BCUT2D eigenvalue weighted by atomic mass is 79.9. The molecule has 0 atom stereocenters. The van der Waals surface area contributed by atoms with Crippen LogP contribution in [0.5, 0.6) is 0 Å². The van der Waals surface area contributed by atoms with E-state index in [1.165, 1.54) is 96.6 Å². The molecular weight excluding hydrogens is 362 g/mol. The van der Waals surface area contributed by atoms with Gasteiger partial charge in [-0.2, -0.15) is 0 Å². The summed E-state index contributed by atoms with van der Waals surface area (Å²) in [6.07, 6.45) is 20.7. The molecule has 0 rings (SSSR count). The first-order chi connectivity index (χ1) is 11.1. The quantitative estimate of drug-likeness (QED) is 0.273. The fourth-order valence-electron chi connectivity index (χ4n) is 3.32. The van der Waals surface area contributed by atoms with Crippen molar-refractivity contribution in [2.45, 2.75) is 103 Å². The van der Waals surface area contributed by atoms with Crippen LogP contribution in [0, 0.1) is 0 Å². The molecule has 0 aliphatic heterocycles. The van der Waals surface area contributed by atoms with Crippen LogP contribution in [0.3, 0.4) is 0 Å². The molecule has 1 N–H and O–H groups in total. The highest BCUT2D eigenvalue weighted by Gasteiger charge is 2.13. The van der Waals surface area contributed by atoms with E-state index in [2.05, 4.69) is 21.0 Å². The Balaban J connectivity index is 0. The second kappa shape index (κ2) is 19.7. The summed E-state index contributed by atoms with van der Waals surface area (Å²) in [7, 11) is 4.66. The van der Waals surface area contributed by atoms with Gasteiger partial charge in [-0.1, -0.05) is 77.6 Å². The molecule has 3 heteroatoms. The minimum absolute atomic E-state index is 0. The smallest absolute Gasteiger partial charge is 0.0783 e. The second-order valence-electron chi connectivity index (χ2n) is 8.06. The third kappa shape index (κ3) is 20.4. The van der Waals surface area contributed by atoms with Gasteiger partial charge in [0.25, 0.3) is 0 Å². The largest absolute Gasteiger partial charge is 1.00 e. The number of aliphatic hydroxyl groups excluding tert-OH is 1. The predicted molar refractivity (Wildman–Crippen MR) is 104 cm³/mol. The molecule has 0 saturated heterocycles. The maximum atomic E-state index is 8.86. The fraction of sp³-hybridized carbons (Fsp3) is 1.00. The summed E-state index contributed by atoms with van der Waals surface area (Å²) in [5.41, 5.74) is 0. The topological polar surface area (TPSA) is 20.2 Å². The molecule has 0 saturated carbocycles. The molecular formula is C21H46BrNO. The number of rotatable bonds is 18. The van der Waals surface area contributed by atoms with Gasteiger partial charge in [-0.25, -0.2) is 0 Å². The average Bonchev–Trinajstić information content (AvgIpc) is 2.52. The van der Waals surface area contributed by atoms with Gasteiger partial charge in [-0.15, -0.1) is 0 Å². The van der Waals surface area contributed by atoms with Crippen molar-refractivity contribution in [3.8, 4) is 0 Å². The van der Waals surface area contributed by atoms with Crippen LogP contribution in [0.2, 0.25) is 0 Å². The maximum Gasteiger partial charge on any atom is 0.0783 e. The Kier molecular flexibility index (Phi) is 21.9. The maximum absolute atomic E-state index is 8.86. The Bertz CT molecular complexity index is 234. The molecule has 0 heterocycles. The summed E-state index contributed by atoms with van der Waals surface area (Å²) in [4.78, 5) is 0. The van der Waals surface area contributed by atoms with E-state index in [4.69, 9.17) is 5.11 Å². The number of hydrogen-bond donors (Lipinski definition) is 1. The molecule has 0 aromatic heterocycles. The van der Waals surface area contributed by atoms with Gasteiger partial charge in [0, 0.05) is 6.61 Å². The van der Waals surface area contributed by atoms with Gasteiger partial charge in [0.05, 0.1) is 27.2 Å². The summed E-state index contributed by atoms with van der Waals surface area (Å²) < 4.78 is 1.12. The molecule has 0 fully saturated rings. The van der Waals surface area contributed by atoms with Crippen molar-refractivity contribution in [3.63, 3.8) is 0 Å². The lowest BCUT2D eigenvalue weighted by Crippen LogP contribution is -3.00. The third-order valence-electron chi connectivity index (χ3n) is 5.04. The van der Waals surface area contributed by atoms with Crippen LogP contribution in [0.4, 0.5) is 0 Å². The van der Waals surface area contributed by atoms with Crippen LogP contribution >= 0.6 is 0 Å². The Morgan fingerprint density at radius 3 is 1.25 bits per heavy atom. The van der Waals surface area contributed by atoms with Crippen LogP contribution < -0.4 is 17.0 Å². The van der Waals surface area contributed by atoms with Gasteiger partial charge in [0.2, 0.25) is 0 Å². The number of quaternary nitrogens is 1. The number of aliphatic hydroxyl groups is 1. The molecule has 0 aliphatic carbocycles. The van der Waals surface area contributed by atoms with Gasteiger partial charge in [-0.3, -0.25) is 0 Å². The molecule has 0 amide bonds. The molecule has 0 aromatic carbocycles. The van der Waals surface area contributed by atoms with E-state index in [9.17, 15) is 0 Å². The molecule has 0 bridgehead atoms. The highest BCUT2D eigenvalue weighted by Crippen LogP contribution is 2.13. The first-order valence-electron chi connectivity index (χ1n) is 10.6. The van der Waals surface area contributed by atoms with Gasteiger partial charge in [-0.05, 0) is 25.7 Å². The highest BCUT2D eigenvalue weighted by molar-refractivity contribution is 4.49. The fourth-order valence-corrected chi connectivity index (χ4v) is 3.32. The summed E-state index contributed by atoms with van der Waals surface area (Å²) >= 11 is 0. The number of halogens is 1. The van der Waals surface area contributed by atoms with Gasteiger partial charge >= 0.3 is 0 Å². The second-order valence-corrected chi connectivity index (χ2v) is 8.06. The lowest BCUT2D eigenvalue weighted by molar-refractivity contribution is -0.890. The SMILES string of the molecule is CCCCCCCCCCCCCCC[N+](C)(C)CCCCO.[Br-]. The van der Waals surface area contributed by atoms with Crippen LogP contribution in [-0.4, -0.2) is 43.4 Å². The molecule has 0 spiro atoms. The van der Waals surface area contributed by atoms with Gasteiger partial charge in [0.15, 0.2) is 0 Å². The monoisotopic (exact) mass is 407 g/mol. The van der Waals surface area contributed by atoms with E-state index in [1.807, 2.05) is 0 Å². The zero-order valence-corrected chi connectivity index (χ0v) is 18.6. The van der Waals surface area contributed by atoms with Gasteiger partial charge in [0.1, 0.15) is 0 Å². The van der Waals surface area contributed by atoms with E-state index in [-0.39, 0.29) is 17.0 Å². The van der Waals surface area contributed by atoms with E-state index >= 15 is 0 Å². The molecule has 148 valence electrons. The van der Waals surface area contributed by atoms with Crippen molar-refractivity contribution in [3.05, 3.63) is 0 Å². The zero-order valence-electron chi connectivity index (χ0n) is 17.0. The number of hydrogen-bond acceptors (Lipinski definition) is 1. The van der Waals surface area contributed by atoms with Crippen LogP contribution in [0.1, 0.15) is 103 Å². The standard InChI is InChI=1S/C21H46NO.BrH/c1-4-5-6-7-8-9-10-11-12-13-14-15-16-19-22(2,3)20-17-18-21-23;/h23H,4-21H2,1-3H3;1H/q+1;/p-1. The van der Waals surface area contributed by atoms with Gasteiger partial charge < -0.3 is 26.6 Å². The predicted octanol–water partition coefficient (Wildman–Crippen LogP) is 2.93. The van der Waals surface area contributed by atoms with E-state index in [0.717, 1.165) is 17.3 Å². The molecule has 2 nitrogen and oxygen atoms in total. The van der Waals surface area contributed by atoms with Crippen molar-refractivity contribution in [2.75, 3.05) is 33.8 Å². The molecule has 0 aromatic rings. The summed E-state index contributed by atoms with van der Waals surface area (Å²) in [6.45, 7) is 5.14. The summed E-state index contributed by atoms with van der Waals surface area (Å²) in [5.74, 6) is 0. The Morgan fingerprint density at radius 2 is 0.875 bits per heavy atom. The minimum atomic E-state index is 0. The Labute approximate surface area is 163 Å². The van der Waals surface area contributed by atoms with E-state index in [0.29, 0.717) is 6.61 Å². The normalized spacial score (nSPS) is 11.5. The molecule has 0 aliphatic rings. The van der Waals surface area contributed by atoms with Crippen molar-refractivity contribution in [1.82, 2.24) is 0 Å². The molecule has 0 unspecified atom stereocenters. The van der Waals surface area contributed by atoms with Crippen LogP contribution in [-0.2, 0) is 0 Å². The summed E-state index contributed by atoms with van der Waals surface area (Å²) in [6, 6.07) is 0. The first kappa shape index (κ1) is 26.6. The van der Waals surface area contributed by atoms with E-state index in [1.54, 1.807) is 0 Å². The lowest BCUT2D eigenvalue weighted by atomic mass is 10.0. The Morgan fingerprint density at radius 1 is 0.542 bits per heavy atom. The minimum Gasteiger partial charge on any atom is -1.00 e. The molecule has 24 heavy (non-hydrogen) atoms. The van der Waals surface area contributed by atoms with Crippen molar-refractivity contribution < 1.29 is 26.6 Å². The average molecular weight is 409 g/mol.